The Balaban J connectivity index is 2.06. The Morgan fingerprint density at radius 1 is 1.57 bits per heavy atom. The number of hydrogen-bond donors (Lipinski definition) is 2. The van der Waals surface area contributed by atoms with E-state index in [9.17, 15) is 5.11 Å². The van der Waals surface area contributed by atoms with Gasteiger partial charge in [-0.15, -0.1) is 0 Å². The molecule has 2 N–H and O–H groups in total. The molecule has 0 aromatic carbocycles. The Bertz CT molecular complexity index is 306. The van der Waals surface area contributed by atoms with E-state index in [0.717, 1.165) is 23.1 Å². The maximum Gasteiger partial charge on any atom is 0.0838 e. The van der Waals surface area contributed by atoms with E-state index in [4.69, 9.17) is 0 Å². The minimum atomic E-state index is -0.596. The normalized spacial score (nSPS) is 26.7. The topological polar surface area (TPSA) is 45.2 Å². The number of hydrogen-bond acceptors (Lipinski definition) is 3. The third-order valence-corrected chi connectivity index (χ3v) is 2.99. The van der Waals surface area contributed by atoms with Gasteiger partial charge in [0.05, 0.1) is 5.60 Å². The third-order valence-electron chi connectivity index (χ3n) is 2.52. The number of pyridine rings is 1. The molecule has 1 aliphatic heterocycles. The lowest BCUT2D eigenvalue weighted by atomic mass is 9.97. The highest BCUT2D eigenvalue weighted by Crippen LogP contribution is 2.19. The summed E-state index contributed by atoms with van der Waals surface area (Å²) in [5.41, 5.74) is 0.347. The number of nitrogens with one attached hydrogen (secondary N) is 1. The molecule has 0 amide bonds. The van der Waals surface area contributed by atoms with Crippen molar-refractivity contribution in [3.63, 3.8) is 0 Å². The summed E-state index contributed by atoms with van der Waals surface area (Å²) in [6.45, 7) is 1.57. The van der Waals surface area contributed by atoms with Crippen LogP contribution in [0.3, 0.4) is 0 Å². The first-order valence-electron chi connectivity index (χ1n) is 4.72. The highest BCUT2D eigenvalue weighted by Gasteiger charge is 2.31. The first-order chi connectivity index (χ1) is 6.68. The van der Waals surface area contributed by atoms with Crippen LogP contribution in [0.1, 0.15) is 12.1 Å². The molecular weight excluding hydrogens is 244 g/mol. The standard InChI is InChI=1S/C10H13BrN2O/c11-8-1-2-9(13-6-8)5-10(14)3-4-12-7-10/h1-2,6,12,14H,3-5,7H2. The van der Waals surface area contributed by atoms with Gasteiger partial charge < -0.3 is 10.4 Å². The summed E-state index contributed by atoms with van der Waals surface area (Å²) in [5, 5.41) is 13.3. The fourth-order valence-corrected chi connectivity index (χ4v) is 1.96. The first-order valence-corrected chi connectivity index (χ1v) is 5.51. The Morgan fingerprint density at radius 2 is 2.43 bits per heavy atom. The SMILES string of the molecule is OC1(Cc2ccc(Br)cn2)CCNC1. The summed E-state index contributed by atoms with van der Waals surface area (Å²) in [6.07, 6.45) is 3.21. The van der Waals surface area contributed by atoms with Crippen LogP contribution in [0.15, 0.2) is 22.8 Å². The second kappa shape index (κ2) is 3.96. The Labute approximate surface area is 91.7 Å². The van der Waals surface area contributed by atoms with Crippen LogP contribution in [0.5, 0.6) is 0 Å². The minimum Gasteiger partial charge on any atom is -0.388 e. The summed E-state index contributed by atoms with van der Waals surface area (Å²) in [4.78, 5) is 4.25. The van der Waals surface area contributed by atoms with Crippen LogP contribution < -0.4 is 5.32 Å². The van der Waals surface area contributed by atoms with Crippen molar-refractivity contribution < 1.29 is 5.11 Å². The molecule has 1 saturated heterocycles. The molecule has 1 unspecified atom stereocenters. The van der Waals surface area contributed by atoms with Gasteiger partial charge in [0.25, 0.3) is 0 Å². The van der Waals surface area contributed by atoms with Crippen molar-refractivity contribution in [3.8, 4) is 0 Å². The zero-order valence-corrected chi connectivity index (χ0v) is 9.42. The Hall–Kier alpha value is -0.450. The summed E-state index contributed by atoms with van der Waals surface area (Å²) >= 11 is 3.33. The molecule has 1 aromatic heterocycles. The van der Waals surface area contributed by atoms with E-state index >= 15 is 0 Å². The molecule has 0 radical (unpaired) electrons. The van der Waals surface area contributed by atoms with E-state index < -0.39 is 5.60 Å². The van der Waals surface area contributed by atoms with Crippen molar-refractivity contribution in [1.29, 1.82) is 0 Å². The molecule has 14 heavy (non-hydrogen) atoms. The smallest absolute Gasteiger partial charge is 0.0838 e. The molecule has 1 atom stereocenters. The van der Waals surface area contributed by atoms with Crippen molar-refractivity contribution in [2.45, 2.75) is 18.4 Å². The zero-order chi connectivity index (χ0) is 10.0. The number of β-amino-alcohol motifs (C(OH)–C–C–N with tert-alkyl or cyclic N) is 1. The van der Waals surface area contributed by atoms with Crippen molar-refractivity contribution in [3.05, 3.63) is 28.5 Å². The average Bonchev–Trinajstić information content (AvgIpc) is 2.57. The van der Waals surface area contributed by atoms with Crippen LogP contribution in [0.25, 0.3) is 0 Å². The molecule has 4 heteroatoms. The van der Waals surface area contributed by atoms with Crippen LogP contribution in [-0.4, -0.2) is 28.8 Å². The second-order valence-corrected chi connectivity index (χ2v) is 4.71. The Morgan fingerprint density at radius 3 is 3.00 bits per heavy atom. The number of aromatic nitrogens is 1. The lowest BCUT2D eigenvalue weighted by molar-refractivity contribution is 0.0609. The molecule has 1 fully saturated rings. The van der Waals surface area contributed by atoms with Crippen LogP contribution in [0, 0.1) is 0 Å². The van der Waals surface area contributed by atoms with Crippen molar-refractivity contribution in [2.75, 3.05) is 13.1 Å². The van der Waals surface area contributed by atoms with Crippen LogP contribution in [-0.2, 0) is 6.42 Å². The van der Waals surface area contributed by atoms with Gasteiger partial charge >= 0.3 is 0 Å². The molecule has 0 saturated carbocycles. The van der Waals surface area contributed by atoms with Crippen molar-refractivity contribution >= 4 is 15.9 Å². The third kappa shape index (κ3) is 2.32. The maximum atomic E-state index is 10.1. The van der Waals surface area contributed by atoms with E-state index in [1.165, 1.54) is 0 Å². The van der Waals surface area contributed by atoms with E-state index in [2.05, 4.69) is 26.2 Å². The molecule has 0 spiro atoms. The highest BCUT2D eigenvalue weighted by molar-refractivity contribution is 9.10. The summed E-state index contributed by atoms with van der Waals surface area (Å²) < 4.78 is 0.970. The molecule has 2 rings (SSSR count). The molecule has 1 aromatic rings. The van der Waals surface area contributed by atoms with Crippen molar-refractivity contribution in [1.82, 2.24) is 10.3 Å². The fourth-order valence-electron chi connectivity index (χ4n) is 1.73. The highest BCUT2D eigenvalue weighted by atomic mass is 79.9. The summed E-state index contributed by atoms with van der Waals surface area (Å²) in [6, 6.07) is 3.90. The molecule has 3 nitrogen and oxygen atoms in total. The largest absolute Gasteiger partial charge is 0.388 e. The quantitative estimate of drug-likeness (QED) is 0.834. The van der Waals surface area contributed by atoms with Crippen LogP contribution in [0.4, 0.5) is 0 Å². The van der Waals surface area contributed by atoms with Crippen LogP contribution in [0.2, 0.25) is 0 Å². The van der Waals surface area contributed by atoms with Gasteiger partial charge in [-0.1, -0.05) is 0 Å². The van der Waals surface area contributed by atoms with Gasteiger partial charge in [0, 0.05) is 29.3 Å². The van der Waals surface area contributed by atoms with E-state index in [-0.39, 0.29) is 0 Å². The molecular formula is C10H13BrN2O. The number of nitrogens with zero attached hydrogens (tertiary/aromatic N) is 1. The second-order valence-electron chi connectivity index (χ2n) is 3.80. The van der Waals surface area contributed by atoms with Gasteiger partial charge in [-0.25, -0.2) is 0 Å². The van der Waals surface area contributed by atoms with E-state index in [0.29, 0.717) is 13.0 Å². The van der Waals surface area contributed by atoms with Crippen molar-refractivity contribution in [2.24, 2.45) is 0 Å². The first kappa shape index (κ1) is 10.1. The average molecular weight is 257 g/mol. The maximum absolute atomic E-state index is 10.1. The van der Waals surface area contributed by atoms with E-state index in [1.807, 2.05) is 12.1 Å². The predicted molar refractivity (Wildman–Crippen MR) is 58.1 cm³/mol. The van der Waals surface area contributed by atoms with Gasteiger partial charge in [-0.05, 0) is 41.0 Å². The van der Waals surface area contributed by atoms with Gasteiger partial charge in [0.2, 0.25) is 0 Å². The number of rotatable bonds is 2. The lowest BCUT2D eigenvalue weighted by Gasteiger charge is -2.20. The molecule has 2 heterocycles. The molecule has 1 aliphatic rings. The van der Waals surface area contributed by atoms with Gasteiger partial charge in [-0.3, -0.25) is 4.98 Å². The molecule has 0 bridgehead atoms. The number of halogens is 1. The van der Waals surface area contributed by atoms with Gasteiger partial charge in [0.15, 0.2) is 0 Å². The van der Waals surface area contributed by atoms with Gasteiger partial charge in [-0.2, -0.15) is 0 Å². The fraction of sp³-hybridized carbons (Fsp3) is 0.500. The zero-order valence-electron chi connectivity index (χ0n) is 7.83. The van der Waals surface area contributed by atoms with Crippen LogP contribution >= 0.6 is 15.9 Å². The van der Waals surface area contributed by atoms with Gasteiger partial charge in [0.1, 0.15) is 0 Å². The predicted octanol–water partition coefficient (Wildman–Crippen LogP) is 1.11. The molecule has 0 aliphatic carbocycles. The minimum absolute atomic E-state index is 0.596. The Kier molecular flexibility index (Phi) is 2.85. The lowest BCUT2D eigenvalue weighted by Crippen LogP contribution is -2.34. The monoisotopic (exact) mass is 256 g/mol. The van der Waals surface area contributed by atoms with E-state index in [1.54, 1.807) is 6.20 Å². The summed E-state index contributed by atoms with van der Waals surface area (Å²) in [5.74, 6) is 0. The molecule has 76 valence electrons. The summed E-state index contributed by atoms with van der Waals surface area (Å²) in [7, 11) is 0. The number of aliphatic hydroxyl groups is 1.